The largest absolute Gasteiger partial charge is 0.303 e. The van der Waals surface area contributed by atoms with Crippen LogP contribution in [0.1, 0.15) is 0 Å². The number of aldehydes is 1. The minimum absolute atomic E-state index is 0. The Morgan fingerprint density at radius 1 is 1.22 bits per heavy atom. The summed E-state index contributed by atoms with van der Waals surface area (Å²) >= 11 is 0. The molecule has 0 saturated heterocycles. The Labute approximate surface area is 74.2 Å². The van der Waals surface area contributed by atoms with Gasteiger partial charge in [-0.3, -0.25) is 0 Å². The average Bonchev–Trinajstić information content (AvgIpc) is 1.35. The second-order valence-electron chi connectivity index (χ2n) is 1.43. The summed E-state index contributed by atoms with van der Waals surface area (Å²) in [6, 6.07) is 0. The van der Waals surface area contributed by atoms with E-state index in [9.17, 15) is 4.79 Å². The van der Waals surface area contributed by atoms with Crippen molar-refractivity contribution in [1.29, 1.82) is 0 Å². The van der Waals surface area contributed by atoms with Crippen LogP contribution >= 0.6 is 37.2 Å². The molecule has 0 bridgehead atoms. The standard InChI is InChI=1S/C4H9NO.3ClH/c1-5(2)3-4-6;;;/h4H,3H2,1-2H3;3*1H. The minimum Gasteiger partial charge on any atom is -0.303 e. The Balaban J connectivity index is -0.0000000417. The first-order valence-electron chi connectivity index (χ1n) is 1.85. The fourth-order valence-electron chi connectivity index (χ4n) is 0.149. The van der Waals surface area contributed by atoms with Gasteiger partial charge in [0.1, 0.15) is 6.29 Å². The summed E-state index contributed by atoms with van der Waals surface area (Å²) in [7, 11) is 3.71. The number of nitrogens with zero attached hydrogens (tertiary/aromatic N) is 1. The Hall–Kier alpha value is 0.500. The SMILES string of the molecule is CN(C)CC=O.Cl.Cl.Cl. The van der Waals surface area contributed by atoms with Gasteiger partial charge in [-0.15, -0.1) is 37.2 Å². The van der Waals surface area contributed by atoms with Crippen molar-refractivity contribution in [3.8, 4) is 0 Å². The van der Waals surface area contributed by atoms with Gasteiger partial charge in [0.15, 0.2) is 0 Å². The molecule has 0 atom stereocenters. The zero-order valence-corrected chi connectivity index (χ0v) is 7.81. The third kappa shape index (κ3) is 29.3. The molecule has 0 amide bonds. The fraction of sp³-hybridized carbons (Fsp3) is 0.750. The highest BCUT2D eigenvalue weighted by Gasteiger charge is 1.79. The molecule has 0 aromatic heterocycles. The van der Waals surface area contributed by atoms with Gasteiger partial charge in [-0.1, -0.05) is 0 Å². The fourth-order valence-corrected chi connectivity index (χ4v) is 0.149. The maximum Gasteiger partial charge on any atom is 0.133 e. The molecule has 0 aromatic carbocycles. The smallest absolute Gasteiger partial charge is 0.133 e. The lowest BCUT2D eigenvalue weighted by Gasteiger charge is -1.99. The van der Waals surface area contributed by atoms with Crippen molar-refractivity contribution in [2.75, 3.05) is 20.6 Å². The van der Waals surface area contributed by atoms with Gasteiger partial charge in [-0.2, -0.15) is 0 Å². The van der Waals surface area contributed by atoms with Crippen molar-refractivity contribution in [3.63, 3.8) is 0 Å². The van der Waals surface area contributed by atoms with Gasteiger partial charge in [0.05, 0.1) is 6.54 Å². The molecule has 0 fully saturated rings. The van der Waals surface area contributed by atoms with E-state index >= 15 is 0 Å². The summed E-state index contributed by atoms with van der Waals surface area (Å²) in [5.74, 6) is 0. The number of hydrogen-bond acceptors (Lipinski definition) is 2. The van der Waals surface area contributed by atoms with E-state index in [0.29, 0.717) is 6.54 Å². The maximum absolute atomic E-state index is 9.57. The zero-order valence-electron chi connectivity index (χ0n) is 5.36. The third-order valence-electron chi connectivity index (χ3n) is 0.440. The monoisotopic (exact) mass is 195 g/mol. The van der Waals surface area contributed by atoms with Crippen LogP contribution in [0.25, 0.3) is 0 Å². The highest BCUT2D eigenvalue weighted by molar-refractivity contribution is 5.86. The van der Waals surface area contributed by atoms with Crippen LogP contribution in [0.15, 0.2) is 0 Å². The summed E-state index contributed by atoms with van der Waals surface area (Å²) < 4.78 is 0. The summed E-state index contributed by atoms with van der Waals surface area (Å²) in [5, 5.41) is 0. The van der Waals surface area contributed by atoms with Gasteiger partial charge in [-0.05, 0) is 14.1 Å². The summed E-state index contributed by atoms with van der Waals surface area (Å²) in [5.41, 5.74) is 0. The van der Waals surface area contributed by atoms with E-state index in [4.69, 9.17) is 0 Å². The molecular formula is C4H12Cl3NO. The van der Waals surface area contributed by atoms with E-state index in [1.54, 1.807) is 0 Å². The number of likely N-dealkylation sites (N-methyl/N-ethyl adjacent to an activating group) is 1. The number of carbonyl (C=O) groups is 1. The molecule has 2 nitrogen and oxygen atoms in total. The molecule has 9 heavy (non-hydrogen) atoms. The van der Waals surface area contributed by atoms with Gasteiger partial charge in [0, 0.05) is 0 Å². The summed E-state index contributed by atoms with van der Waals surface area (Å²) in [6.45, 7) is 0.528. The molecule has 0 aliphatic rings. The van der Waals surface area contributed by atoms with Crippen LogP contribution in [0.3, 0.4) is 0 Å². The van der Waals surface area contributed by atoms with Crippen molar-refractivity contribution in [2.24, 2.45) is 0 Å². The van der Waals surface area contributed by atoms with Gasteiger partial charge in [-0.25, -0.2) is 0 Å². The van der Waals surface area contributed by atoms with Crippen molar-refractivity contribution >= 4 is 43.5 Å². The van der Waals surface area contributed by atoms with E-state index in [1.165, 1.54) is 0 Å². The molecule has 0 spiro atoms. The molecule has 0 saturated carbocycles. The normalized spacial score (nSPS) is 6.11. The van der Waals surface area contributed by atoms with Gasteiger partial charge in [0.2, 0.25) is 0 Å². The van der Waals surface area contributed by atoms with Crippen LogP contribution in [0.2, 0.25) is 0 Å². The van der Waals surface area contributed by atoms with Crippen molar-refractivity contribution in [3.05, 3.63) is 0 Å². The molecule has 0 N–H and O–H groups in total. The third-order valence-corrected chi connectivity index (χ3v) is 0.440. The Kier molecular flexibility index (Phi) is 39.8. The number of hydrogen-bond donors (Lipinski definition) is 0. The van der Waals surface area contributed by atoms with Crippen LogP contribution in [0.4, 0.5) is 0 Å². The number of halogens is 3. The highest BCUT2D eigenvalue weighted by Crippen LogP contribution is 1.62. The first-order valence-corrected chi connectivity index (χ1v) is 1.85. The average molecular weight is 197 g/mol. The van der Waals surface area contributed by atoms with Crippen LogP contribution < -0.4 is 0 Å². The van der Waals surface area contributed by atoms with E-state index in [2.05, 4.69) is 0 Å². The van der Waals surface area contributed by atoms with Gasteiger partial charge in [0.25, 0.3) is 0 Å². The molecule has 5 heteroatoms. The minimum atomic E-state index is 0. The lowest BCUT2D eigenvalue weighted by Crippen LogP contribution is -2.13. The first-order chi connectivity index (χ1) is 2.77. The van der Waals surface area contributed by atoms with Crippen LogP contribution in [-0.2, 0) is 4.79 Å². The number of rotatable bonds is 2. The maximum atomic E-state index is 9.57. The van der Waals surface area contributed by atoms with Crippen LogP contribution in [0, 0.1) is 0 Å². The van der Waals surface area contributed by atoms with E-state index in [1.807, 2.05) is 19.0 Å². The predicted molar refractivity (Wildman–Crippen MR) is 46.4 cm³/mol. The van der Waals surface area contributed by atoms with Crippen molar-refractivity contribution in [2.45, 2.75) is 0 Å². The second kappa shape index (κ2) is 15.8. The number of carbonyl (C=O) groups excluding carboxylic acids is 1. The summed E-state index contributed by atoms with van der Waals surface area (Å²) in [6.07, 6.45) is 0.875. The Morgan fingerprint density at radius 3 is 1.56 bits per heavy atom. The zero-order chi connectivity index (χ0) is 4.99. The van der Waals surface area contributed by atoms with E-state index in [0.717, 1.165) is 6.29 Å². The quantitative estimate of drug-likeness (QED) is 0.615. The predicted octanol–water partition coefficient (Wildman–Crippen LogP) is 1.01. The lowest BCUT2D eigenvalue weighted by atomic mass is 10.7. The molecule has 0 radical (unpaired) electrons. The first kappa shape index (κ1) is 22.7. The van der Waals surface area contributed by atoms with E-state index in [-0.39, 0.29) is 37.2 Å². The lowest BCUT2D eigenvalue weighted by molar-refractivity contribution is -0.108. The van der Waals surface area contributed by atoms with Gasteiger partial charge < -0.3 is 9.69 Å². The Bertz CT molecular complexity index is 51.1. The molecule has 0 aromatic rings. The van der Waals surface area contributed by atoms with Crippen LogP contribution in [-0.4, -0.2) is 31.8 Å². The molecule has 0 aliphatic carbocycles. The van der Waals surface area contributed by atoms with Gasteiger partial charge >= 0.3 is 0 Å². The highest BCUT2D eigenvalue weighted by atomic mass is 35.5. The van der Waals surface area contributed by atoms with Crippen molar-refractivity contribution < 1.29 is 4.79 Å². The summed E-state index contributed by atoms with van der Waals surface area (Å²) in [4.78, 5) is 11.4. The topological polar surface area (TPSA) is 20.3 Å². The molecule has 0 unspecified atom stereocenters. The van der Waals surface area contributed by atoms with E-state index < -0.39 is 0 Å². The molecular weight excluding hydrogens is 184 g/mol. The second-order valence-corrected chi connectivity index (χ2v) is 1.43. The molecule has 60 valence electrons. The molecule has 0 rings (SSSR count). The Morgan fingerprint density at radius 2 is 1.56 bits per heavy atom. The van der Waals surface area contributed by atoms with Crippen LogP contribution in [0.5, 0.6) is 0 Å². The molecule has 0 aliphatic heterocycles. The molecule has 0 heterocycles. The van der Waals surface area contributed by atoms with Crippen molar-refractivity contribution in [1.82, 2.24) is 4.90 Å².